The molecule has 0 radical (unpaired) electrons. The molecular formula is C23H16N4O5S2. The van der Waals surface area contributed by atoms with Crippen molar-refractivity contribution in [2.45, 2.75) is 11.3 Å². The molecule has 0 spiro atoms. The Morgan fingerprint density at radius 2 is 1.74 bits per heavy atom. The van der Waals surface area contributed by atoms with Gasteiger partial charge in [-0.15, -0.1) is 0 Å². The number of furan rings is 1. The number of aromatic nitrogens is 3. The van der Waals surface area contributed by atoms with Crippen molar-refractivity contribution in [1.29, 1.82) is 0 Å². The van der Waals surface area contributed by atoms with Crippen LogP contribution in [0.15, 0.2) is 85.6 Å². The van der Waals surface area contributed by atoms with Gasteiger partial charge in [-0.1, -0.05) is 41.7 Å². The molecule has 0 amide bonds. The SMILES string of the molecule is NS(=O)(=O)c1ccc(-c2ccc(C=c3sc4nc(=O)c(Cc5ccccc5)nn4c3=O)o2)cc1. The molecule has 0 fully saturated rings. The van der Waals surface area contributed by atoms with Gasteiger partial charge in [0.2, 0.25) is 15.0 Å². The lowest BCUT2D eigenvalue weighted by molar-refractivity contribution is 0.571. The monoisotopic (exact) mass is 492 g/mol. The summed E-state index contributed by atoms with van der Waals surface area (Å²) in [6.45, 7) is 0. The zero-order chi connectivity index (χ0) is 23.9. The average Bonchev–Trinajstić information content (AvgIpc) is 3.39. The minimum absolute atomic E-state index is 0.00253. The standard InChI is InChI=1S/C23H16N4O5S2/c24-34(30,31)17-9-6-15(7-10-17)19-11-8-16(32-19)13-20-22(29)27-23(33-20)25-21(28)18(26-27)12-14-4-2-1-3-5-14/h1-11,13H,12H2,(H2,24,30,31). The Morgan fingerprint density at radius 3 is 2.44 bits per heavy atom. The van der Waals surface area contributed by atoms with Crippen LogP contribution in [0.2, 0.25) is 0 Å². The summed E-state index contributed by atoms with van der Waals surface area (Å²) < 4.78 is 30.1. The quantitative estimate of drug-likeness (QED) is 0.393. The first-order valence-electron chi connectivity index (χ1n) is 9.99. The third-order valence-electron chi connectivity index (χ3n) is 5.03. The molecule has 0 saturated carbocycles. The van der Waals surface area contributed by atoms with Gasteiger partial charge in [-0.2, -0.15) is 14.6 Å². The van der Waals surface area contributed by atoms with Crippen molar-refractivity contribution in [2.24, 2.45) is 5.14 Å². The topological polar surface area (TPSA) is 138 Å². The van der Waals surface area contributed by atoms with Gasteiger partial charge < -0.3 is 4.42 Å². The molecule has 0 unspecified atom stereocenters. The number of primary sulfonamides is 1. The number of hydrogen-bond acceptors (Lipinski definition) is 8. The third-order valence-corrected chi connectivity index (χ3v) is 6.92. The first-order chi connectivity index (χ1) is 16.3. The summed E-state index contributed by atoms with van der Waals surface area (Å²) in [6.07, 6.45) is 1.82. The van der Waals surface area contributed by atoms with E-state index >= 15 is 0 Å². The molecule has 9 nitrogen and oxygen atoms in total. The second-order valence-corrected chi connectivity index (χ2v) is 9.98. The number of hydrogen-bond donors (Lipinski definition) is 1. The maximum absolute atomic E-state index is 12.9. The lowest BCUT2D eigenvalue weighted by Gasteiger charge is -2.00. The molecule has 0 aliphatic heterocycles. The zero-order valence-electron chi connectivity index (χ0n) is 17.4. The second kappa shape index (κ2) is 8.45. The van der Waals surface area contributed by atoms with E-state index in [-0.39, 0.29) is 22.0 Å². The summed E-state index contributed by atoms with van der Waals surface area (Å²) in [5.41, 5.74) is 0.846. The van der Waals surface area contributed by atoms with Gasteiger partial charge in [-0.3, -0.25) is 9.59 Å². The molecule has 3 aromatic heterocycles. The largest absolute Gasteiger partial charge is 0.457 e. The molecule has 5 aromatic rings. The molecule has 34 heavy (non-hydrogen) atoms. The number of fused-ring (bicyclic) bond motifs is 1. The number of sulfonamides is 1. The van der Waals surface area contributed by atoms with Crippen LogP contribution in [-0.4, -0.2) is 23.0 Å². The van der Waals surface area contributed by atoms with Crippen molar-refractivity contribution in [3.8, 4) is 11.3 Å². The number of nitrogens with zero attached hydrogens (tertiary/aromatic N) is 3. The highest BCUT2D eigenvalue weighted by Crippen LogP contribution is 2.23. The molecule has 0 aliphatic rings. The van der Waals surface area contributed by atoms with E-state index in [0.29, 0.717) is 21.6 Å². The van der Waals surface area contributed by atoms with Gasteiger partial charge in [0.15, 0.2) is 0 Å². The van der Waals surface area contributed by atoms with Crippen LogP contribution in [0.1, 0.15) is 17.0 Å². The van der Waals surface area contributed by atoms with E-state index in [1.165, 1.54) is 12.1 Å². The smallest absolute Gasteiger partial charge is 0.296 e. The summed E-state index contributed by atoms with van der Waals surface area (Å²) >= 11 is 1.04. The van der Waals surface area contributed by atoms with E-state index in [0.717, 1.165) is 21.4 Å². The maximum atomic E-state index is 12.9. The predicted molar refractivity (Wildman–Crippen MR) is 127 cm³/mol. The van der Waals surface area contributed by atoms with Gasteiger partial charge >= 0.3 is 0 Å². The summed E-state index contributed by atoms with van der Waals surface area (Å²) in [5, 5.41) is 9.36. The Hall–Kier alpha value is -3.93. The molecule has 5 rings (SSSR count). The van der Waals surface area contributed by atoms with Gasteiger partial charge in [0.05, 0.1) is 4.90 Å². The lowest BCUT2D eigenvalue weighted by Crippen LogP contribution is -2.28. The van der Waals surface area contributed by atoms with E-state index in [9.17, 15) is 18.0 Å². The van der Waals surface area contributed by atoms with Gasteiger partial charge in [-0.05, 0) is 42.0 Å². The molecule has 0 aliphatic carbocycles. The van der Waals surface area contributed by atoms with Crippen LogP contribution in [0.25, 0.3) is 22.4 Å². The molecule has 2 N–H and O–H groups in total. The Labute approximate surface area is 196 Å². The maximum Gasteiger partial charge on any atom is 0.296 e. The molecule has 3 heterocycles. The number of nitrogens with two attached hydrogens (primary N) is 1. The number of rotatable bonds is 5. The van der Waals surface area contributed by atoms with E-state index in [1.807, 2.05) is 30.3 Å². The number of thiazole rings is 1. The highest BCUT2D eigenvalue weighted by Gasteiger charge is 2.13. The second-order valence-electron chi connectivity index (χ2n) is 7.41. The normalized spacial score (nSPS) is 12.4. The van der Waals surface area contributed by atoms with Crippen LogP contribution in [0, 0.1) is 0 Å². The van der Waals surface area contributed by atoms with Gasteiger partial charge in [-0.25, -0.2) is 13.6 Å². The lowest BCUT2D eigenvalue weighted by atomic mass is 10.1. The molecule has 0 saturated heterocycles. The predicted octanol–water partition coefficient (Wildman–Crippen LogP) is 1.56. The fourth-order valence-corrected chi connectivity index (χ4v) is 4.76. The van der Waals surface area contributed by atoms with Crippen LogP contribution in [0.4, 0.5) is 0 Å². The Morgan fingerprint density at radius 1 is 1.00 bits per heavy atom. The van der Waals surface area contributed by atoms with E-state index in [2.05, 4.69) is 10.1 Å². The van der Waals surface area contributed by atoms with Gasteiger partial charge in [0.25, 0.3) is 11.1 Å². The fraction of sp³-hybridized carbons (Fsp3) is 0.0435. The van der Waals surface area contributed by atoms with Crippen molar-refractivity contribution in [2.75, 3.05) is 0 Å². The van der Waals surface area contributed by atoms with Crippen molar-refractivity contribution in [3.05, 3.63) is 109 Å². The Balaban J connectivity index is 1.49. The first kappa shape index (κ1) is 21.9. The highest BCUT2D eigenvalue weighted by molar-refractivity contribution is 7.89. The molecule has 11 heteroatoms. The van der Waals surface area contributed by atoms with Crippen LogP contribution < -0.4 is 20.8 Å². The van der Waals surface area contributed by atoms with E-state index in [4.69, 9.17) is 9.56 Å². The summed E-state index contributed by atoms with van der Waals surface area (Å²) in [6, 6.07) is 18.7. The molecule has 170 valence electrons. The molecule has 2 aromatic carbocycles. The average molecular weight is 493 g/mol. The van der Waals surface area contributed by atoms with Crippen molar-refractivity contribution in [3.63, 3.8) is 0 Å². The summed E-state index contributed by atoms with van der Waals surface area (Å²) in [4.78, 5) is 29.5. The van der Waals surface area contributed by atoms with E-state index in [1.54, 1.807) is 30.3 Å². The number of benzene rings is 2. The first-order valence-corrected chi connectivity index (χ1v) is 12.4. The van der Waals surface area contributed by atoms with Crippen LogP contribution >= 0.6 is 11.3 Å². The minimum atomic E-state index is -3.79. The zero-order valence-corrected chi connectivity index (χ0v) is 19.0. The molecular weight excluding hydrogens is 476 g/mol. The summed E-state index contributed by atoms with van der Waals surface area (Å²) in [7, 11) is -3.79. The van der Waals surface area contributed by atoms with Crippen LogP contribution in [-0.2, 0) is 16.4 Å². The van der Waals surface area contributed by atoms with Crippen LogP contribution in [0.3, 0.4) is 0 Å². The molecule has 0 atom stereocenters. The van der Waals surface area contributed by atoms with Crippen molar-refractivity contribution >= 4 is 32.4 Å². The van der Waals surface area contributed by atoms with Gasteiger partial charge in [0.1, 0.15) is 21.7 Å². The fourth-order valence-electron chi connectivity index (χ4n) is 3.36. The highest BCUT2D eigenvalue weighted by atomic mass is 32.2. The van der Waals surface area contributed by atoms with E-state index < -0.39 is 21.1 Å². The minimum Gasteiger partial charge on any atom is -0.457 e. The Kier molecular flexibility index (Phi) is 5.44. The Bertz CT molecular complexity index is 1790. The van der Waals surface area contributed by atoms with Crippen molar-refractivity contribution in [1.82, 2.24) is 14.6 Å². The van der Waals surface area contributed by atoms with Gasteiger partial charge in [0, 0.05) is 18.1 Å². The molecule has 0 bridgehead atoms. The van der Waals surface area contributed by atoms with Crippen molar-refractivity contribution < 1.29 is 12.8 Å². The third kappa shape index (κ3) is 4.31. The van der Waals surface area contributed by atoms with Crippen LogP contribution in [0.5, 0.6) is 0 Å². The summed E-state index contributed by atoms with van der Waals surface area (Å²) in [5.74, 6) is 0.887.